The molecule has 7 heteroatoms. The first-order chi connectivity index (χ1) is 15.0. The van der Waals surface area contributed by atoms with Gasteiger partial charge in [0.05, 0.1) is 0 Å². The predicted molar refractivity (Wildman–Crippen MR) is 121 cm³/mol. The van der Waals surface area contributed by atoms with E-state index in [0.29, 0.717) is 12.5 Å². The zero-order valence-electron chi connectivity index (χ0n) is 17.8. The summed E-state index contributed by atoms with van der Waals surface area (Å²) in [5.41, 5.74) is 6.83. The lowest BCUT2D eigenvalue weighted by Crippen LogP contribution is -2.17. The molecule has 7 nitrogen and oxygen atoms in total. The third-order valence-electron chi connectivity index (χ3n) is 5.47. The molecule has 156 valence electrons. The number of hydrogen-bond acceptors (Lipinski definition) is 5. The second-order valence-electron chi connectivity index (χ2n) is 8.22. The van der Waals surface area contributed by atoms with Crippen molar-refractivity contribution in [2.75, 3.05) is 26.5 Å². The molecule has 2 aromatic heterocycles. The van der Waals surface area contributed by atoms with Crippen LogP contribution >= 0.6 is 0 Å². The lowest BCUT2D eigenvalue weighted by atomic mass is 10.0. The van der Waals surface area contributed by atoms with Gasteiger partial charge in [0.1, 0.15) is 0 Å². The Morgan fingerprint density at radius 1 is 1.06 bits per heavy atom. The lowest BCUT2D eigenvalue weighted by Gasteiger charge is -2.10. The van der Waals surface area contributed by atoms with E-state index < -0.39 is 0 Å². The van der Waals surface area contributed by atoms with Crippen molar-refractivity contribution in [3.63, 3.8) is 0 Å². The smallest absolute Gasteiger partial charge is 0.254 e. The first-order valence-electron chi connectivity index (χ1n) is 10.2. The van der Waals surface area contributed by atoms with E-state index in [1.165, 1.54) is 5.56 Å². The number of anilines is 2. The average molecular weight is 412 g/mol. The topological polar surface area (TPSA) is 65.8 Å². The lowest BCUT2D eigenvalue weighted by molar-refractivity contribution is 0.0816. The molecule has 0 fully saturated rings. The minimum atomic E-state index is 0.0636. The SMILES string of the molecule is CN(C)Cc1ccc(-c2cccn3nc(Nc4ccc5c(c4)CN(C)C5=O)nc23)cc1. The van der Waals surface area contributed by atoms with Gasteiger partial charge >= 0.3 is 0 Å². The Labute approximate surface area is 180 Å². The minimum absolute atomic E-state index is 0.0636. The van der Waals surface area contributed by atoms with E-state index in [2.05, 4.69) is 59.7 Å². The van der Waals surface area contributed by atoms with Gasteiger partial charge in [-0.2, -0.15) is 4.98 Å². The highest BCUT2D eigenvalue weighted by Gasteiger charge is 2.24. The van der Waals surface area contributed by atoms with Crippen molar-refractivity contribution in [1.82, 2.24) is 24.4 Å². The number of benzene rings is 2. The molecule has 0 aliphatic carbocycles. The summed E-state index contributed by atoms with van der Waals surface area (Å²) in [6.45, 7) is 1.53. The fourth-order valence-electron chi connectivity index (χ4n) is 4.01. The molecule has 1 N–H and O–H groups in total. The normalized spacial score (nSPS) is 13.3. The Kier molecular flexibility index (Phi) is 4.67. The molecule has 0 saturated heterocycles. The summed E-state index contributed by atoms with van der Waals surface area (Å²) in [6, 6.07) is 18.3. The van der Waals surface area contributed by atoms with Gasteiger partial charge in [0.25, 0.3) is 5.91 Å². The minimum Gasteiger partial charge on any atom is -0.337 e. The molecule has 4 aromatic rings. The van der Waals surface area contributed by atoms with E-state index in [4.69, 9.17) is 4.98 Å². The highest BCUT2D eigenvalue weighted by Crippen LogP contribution is 2.28. The van der Waals surface area contributed by atoms with Crippen LogP contribution in [0.4, 0.5) is 11.6 Å². The number of carbonyl (C=O) groups excluding carboxylic acids is 1. The number of nitrogens with zero attached hydrogens (tertiary/aromatic N) is 5. The largest absolute Gasteiger partial charge is 0.337 e. The van der Waals surface area contributed by atoms with Crippen molar-refractivity contribution in [2.24, 2.45) is 0 Å². The second-order valence-corrected chi connectivity index (χ2v) is 8.22. The summed E-state index contributed by atoms with van der Waals surface area (Å²) in [5, 5.41) is 7.87. The molecule has 1 aliphatic heterocycles. The molecule has 0 bridgehead atoms. The van der Waals surface area contributed by atoms with Crippen molar-refractivity contribution < 1.29 is 4.79 Å². The van der Waals surface area contributed by atoms with E-state index in [1.54, 1.807) is 9.42 Å². The van der Waals surface area contributed by atoms with Crippen molar-refractivity contribution in [3.8, 4) is 11.1 Å². The van der Waals surface area contributed by atoms with E-state index in [0.717, 1.165) is 40.1 Å². The van der Waals surface area contributed by atoms with Gasteiger partial charge in [-0.05, 0) is 61.1 Å². The van der Waals surface area contributed by atoms with E-state index >= 15 is 0 Å². The van der Waals surface area contributed by atoms with Crippen molar-refractivity contribution >= 4 is 23.2 Å². The summed E-state index contributed by atoms with van der Waals surface area (Å²) in [6.07, 6.45) is 1.90. The van der Waals surface area contributed by atoms with E-state index in [1.807, 2.05) is 37.5 Å². The zero-order valence-corrected chi connectivity index (χ0v) is 17.8. The molecule has 0 radical (unpaired) electrons. The summed E-state index contributed by atoms with van der Waals surface area (Å²) >= 11 is 0. The van der Waals surface area contributed by atoms with Gasteiger partial charge in [-0.15, -0.1) is 5.10 Å². The van der Waals surface area contributed by atoms with Crippen LogP contribution < -0.4 is 5.32 Å². The molecule has 1 aliphatic rings. The molecule has 1 amide bonds. The third-order valence-corrected chi connectivity index (χ3v) is 5.47. The Morgan fingerprint density at radius 3 is 2.65 bits per heavy atom. The number of hydrogen-bond donors (Lipinski definition) is 1. The maximum absolute atomic E-state index is 12.1. The molecule has 0 atom stereocenters. The summed E-state index contributed by atoms with van der Waals surface area (Å²) in [5.74, 6) is 0.586. The molecule has 2 aromatic carbocycles. The van der Waals surface area contributed by atoms with Crippen LogP contribution in [0.25, 0.3) is 16.8 Å². The van der Waals surface area contributed by atoms with Gasteiger partial charge in [-0.25, -0.2) is 4.52 Å². The molecule has 3 heterocycles. The molecule has 31 heavy (non-hydrogen) atoms. The van der Waals surface area contributed by atoms with Crippen molar-refractivity contribution in [1.29, 1.82) is 0 Å². The first kappa shape index (κ1) is 19.3. The highest BCUT2D eigenvalue weighted by molar-refractivity contribution is 5.98. The molecular weight excluding hydrogens is 388 g/mol. The van der Waals surface area contributed by atoms with Gasteiger partial charge < -0.3 is 15.1 Å². The molecule has 0 unspecified atom stereocenters. The van der Waals surface area contributed by atoms with Crippen LogP contribution in [-0.4, -0.2) is 51.4 Å². The first-order valence-corrected chi connectivity index (χ1v) is 10.2. The van der Waals surface area contributed by atoms with Crippen LogP contribution in [0.2, 0.25) is 0 Å². The van der Waals surface area contributed by atoms with Crippen LogP contribution in [0, 0.1) is 0 Å². The Hall–Kier alpha value is -3.71. The Bertz CT molecular complexity index is 1280. The van der Waals surface area contributed by atoms with Crippen LogP contribution in [0.3, 0.4) is 0 Å². The van der Waals surface area contributed by atoms with Gasteiger partial charge in [-0.3, -0.25) is 4.79 Å². The van der Waals surface area contributed by atoms with Gasteiger partial charge in [0.2, 0.25) is 5.95 Å². The number of fused-ring (bicyclic) bond motifs is 2. The maximum Gasteiger partial charge on any atom is 0.254 e. The van der Waals surface area contributed by atoms with Crippen LogP contribution in [0.15, 0.2) is 60.8 Å². The number of amides is 1. The number of carbonyl (C=O) groups is 1. The van der Waals surface area contributed by atoms with Crippen molar-refractivity contribution in [2.45, 2.75) is 13.1 Å². The summed E-state index contributed by atoms with van der Waals surface area (Å²) < 4.78 is 1.79. The fourth-order valence-corrected chi connectivity index (χ4v) is 4.01. The quantitative estimate of drug-likeness (QED) is 0.540. The second kappa shape index (κ2) is 7.52. The monoisotopic (exact) mass is 412 g/mol. The summed E-state index contributed by atoms with van der Waals surface area (Å²) in [4.78, 5) is 20.7. The Morgan fingerprint density at radius 2 is 1.87 bits per heavy atom. The average Bonchev–Trinajstić information content (AvgIpc) is 3.28. The number of aromatic nitrogens is 3. The number of nitrogens with one attached hydrogen (secondary N) is 1. The van der Waals surface area contributed by atoms with E-state index in [9.17, 15) is 4.79 Å². The molecule has 5 rings (SSSR count). The number of pyridine rings is 1. The molecule has 0 saturated carbocycles. The van der Waals surface area contributed by atoms with Crippen LogP contribution in [0.1, 0.15) is 21.5 Å². The molecule has 0 spiro atoms. The van der Waals surface area contributed by atoms with Gasteiger partial charge in [0, 0.05) is 43.1 Å². The number of rotatable bonds is 5. The van der Waals surface area contributed by atoms with Gasteiger partial charge in [0.15, 0.2) is 5.65 Å². The van der Waals surface area contributed by atoms with E-state index in [-0.39, 0.29) is 5.91 Å². The van der Waals surface area contributed by atoms with Gasteiger partial charge in [-0.1, -0.05) is 24.3 Å². The van der Waals surface area contributed by atoms with Crippen LogP contribution in [-0.2, 0) is 13.1 Å². The molecular formula is C24H24N6O. The third kappa shape index (κ3) is 3.64. The fraction of sp³-hybridized carbons (Fsp3) is 0.208. The van der Waals surface area contributed by atoms with Crippen molar-refractivity contribution in [3.05, 3.63) is 77.5 Å². The predicted octanol–water partition coefficient (Wildman–Crippen LogP) is 3.79. The van der Waals surface area contributed by atoms with Crippen LogP contribution in [0.5, 0.6) is 0 Å². The highest BCUT2D eigenvalue weighted by atomic mass is 16.2. The maximum atomic E-state index is 12.1. The Balaban J connectivity index is 1.44. The summed E-state index contributed by atoms with van der Waals surface area (Å²) in [7, 11) is 5.95. The standard InChI is InChI=1S/C24H24N6O/c1-28(2)14-16-6-8-17(9-7-16)20-5-4-12-30-22(20)26-24(27-30)25-19-10-11-21-18(13-19)15-29(3)23(21)31/h4-13H,14-15H2,1-3H3,(H,25,27). The zero-order chi connectivity index (χ0) is 21.5.